The monoisotopic (exact) mass is 346 g/mol. The minimum absolute atomic E-state index is 0.122. The standard InChI is InChI=1S/C18H19ClN2O3/c1-11-8-15(11)17-6-4-14(24-17)9-20-21-18(22)10-23-16-5-3-13(19)7-12(16)2/h3-7,9,11,15H,8,10H2,1-2H3,(H,21,22)/b20-9-/t11-,15-/m1/s1. The van der Waals surface area contributed by atoms with E-state index >= 15 is 0 Å². The highest BCUT2D eigenvalue weighted by molar-refractivity contribution is 6.30. The van der Waals surface area contributed by atoms with E-state index in [-0.39, 0.29) is 12.5 Å². The first-order chi connectivity index (χ1) is 11.5. The third-order valence-corrected chi connectivity index (χ3v) is 4.23. The van der Waals surface area contributed by atoms with Crippen molar-refractivity contribution in [2.45, 2.75) is 26.2 Å². The molecule has 2 aromatic rings. The lowest BCUT2D eigenvalue weighted by atomic mass is 10.2. The van der Waals surface area contributed by atoms with Crippen molar-refractivity contribution in [2.24, 2.45) is 11.0 Å². The van der Waals surface area contributed by atoms with Crippen LogP contribution in [0.25, 0.3) is 0 Å². The van der Waals surface area contributed by atoms with E-state index in [1.165, 1.54) is 12.6 Å². The normalized spacial score (nSPS) is 19.5. The van der Waals surface area contributed by atoms with E-state index in [1.807, 2.05) is 19.1 Å². The van der Waals surface area contributed by atoms with E-state index in [0.717, 1.165) is 11.3 Å². The summed E-state index contributed by atoms with van der Waals surface area (Å²) in [5.41, 5.74) is 3.29. The van der Waals surface area contributed by atoms with E-state index < -0.39 is 0 Å². The number of nitrogens with zero attached hydrogens (tertiary/aromatic N) is 1. The summed E-state index contributed by atoms with van der Waals surface area (Å²) in [6, 6.07) is 9.04. The van der Waals surface area contributed by atoms with Gasteiger partial charge in [0.1, 0.15) is 17.3 Å². The topological polar surface area (TPSA) is 63.8 Å². The van der Waals surface area contributed by atoms with Gasteiger partial charge in [-0.05, 0) is 55.2 Å². The highest BCUT2D eigenvalue weighted by atomic mass is 35.5. The van der Waals surface area contributed by atoms with Gasteiger partial charge in [0.15, 0.2) is 6.61 Å². The number of carbonyl (C=O) groups excluding carboxylic acids is 1. The summed E-state index contributed by atoms with van der Waals surface area (Å²) >= 11 is 5.88. The van der Waals surface area contributed by atoms with Gasteiger partial charge in [-0.3, -0.25) is 4.79 Å². The second kappa shape index (κ2) is 7.09. The van der Waals surface area contributed by atoms with Crippen molar-refractivity contribution in [2.75, 3.05) is 6.61 Å². The largest absolute Gasteiger partial charge is 0.483 e. The Kier molecular flexibility index (Phi) is 4.90. The summed E-state index contributed by atoms with van der Waals surface area (Å²) < 4.78 is 11.1. The molecule has 5 nitrogen and oxygen atoms in total. The average molecular weight is 347 g/mol. The minimum atomic E-state index is -0.344. The first kappa shape index (κ1) is 16.6. The Hall–Kier alpha value is -2.27. The summed E-state index contributed by atoms with van der Waals surface area (Å²) in [4.78, 5) is 11.7. The van der Waals surface area contributed by atoms with Gasteiger partial charge in [-0.1, -0.05) is 18.5 Å². The molecule has 2 atom stereocenters. The van der Waals surface area contributed by atoms with Gasteiger partial charge >= 0.3 is 0 Å². The molecule has 0 bridgehead atoms. The number of halogens is 1. The number of hydrogen-bond acceptors (Lipinski definition) is 4. The Balaban J connectivity index is 1.45. The molecule has 0 unspecified atom stereocenters. The molecule has 3 rings (SSSR count). The lowest BCUT2D eigenvalue weighted by molar-refractivity contribution is -0.123. The predicted molar refractivity (Wildman–Crippen MR) is 92.7 cm³/mol. The number of benzene rings is 1. The molecule has 1 N–H and O–H groups in total. The molecule has 6 heteroatoms. The van der Waals surface area contributed by atoms with Crippen LogP contribution in [0.15, 0.2) is 39.9 Å². The fraction of sp³-hybridized carbons (Fsp3) is 0.333. The van der Waals surface area contributed by atoms with Crippen molar-refractivity contribution in [1.29, 1.82) is 0 Å². The number of rotatable bonds is 6. The highest BCUT2D eigenvalue weighted by Gasteiger charge is 2.36. The van der Waals surface area contributed by atoms with Gasteiger partial charge in [0, 0.05) is 10.9 Å². The molecule has 1 fully saturated rings. The van der Waals surface area contributed by atoms with Gasteiger partial charge < -0.3 is 9.15 Å². The third kappa shape index (κ3) is 4.17. The fourth-order valence-corrected chi connectivity index (χ4v) is 2.70. The molecular weight excluding hydrogens is 328 g/mol. The maximum atomic E-state index is 11.7. The zero-order valence-electron chi connectivity index (χ0n) is 13.6. The second-order valence-corrected chi connectivity index (χ2v) is 6.49. The van der Waals surface area contributed by atoms with E-state index in [2.05, 4.69) is 17.5 Å². The van der Waals surface area contributed by atoms with Gasteiger partial charge in [0.25, 0.3) is 5.91 Å². The van der Waals surface area contributed by atoms with Crippen molar-refractivity contribution in [3.63, 3.8) is 0 Å². The van der Waals surface area contributed by atoms with Crippen molar-refractivity contribution >= 4 is 23.7 Å². The van der Waals surface area contributed by atoms with E-state index in [4.69, 9.17) is 20.8 Å². The van der Waals surface area contributed by atoms with Gasteiger partial charge in [-0.25, -0.2) is 5.43 Å². The van der Waals surface area contributed by atoms with Crippen molar-refractivity contribution in [3.8, 4) is 5.75 Å². The van der Waals surface area contributed by atoms with Gasteiger partial charge in [0.05, 0.1) is 6.21 Å². The van der Waals surface area contributed by atoms with Crippen LogP contribution in [0, 0.1) is 12.8 Å². The Morgan fingerprint density at radius 3 is 2.96 bits per heavy atom. The van der Waals surface area contributed by atoms with Crippen LogP contribution in [0.3, 0.4) is 0 Å². The zero-order valence-corrected chi connectivity index (χ0v) is 14.3. The number of amides is 1. The van der Waals surface area contributed by atoms with Crippen LogP contribution >= 0.6 is 11.6 Å². The number of carbonyl (C=O) groups is 1. The van der Waals surface area contributed by atoms with Crippen LogP contribution in [0.1, 0.15) is 36.3 Å². The summed E-state index contributed by atoms with van der Waals surface area (Å²) in [7, 11) is 0. The van der Waals surface area contributed by atoms with Crippen molar-refractivity contribution in [3.05, 3.63) is 52.4 Å². The first-order valence-electron chi connectivity index (χ1n) is 7.83. The molecule has 1 aliphatic rings. The second-order valence-electron chi connectivity index (χ2n) is 6.05. The first-order valence-corrected chi connectivity index (χ1v) is 8.21. The molecule has 24 heavy (non-hydrogen) atoms. The molecule has 1 aliphatic carbocycles. The van der Waals surface area contributed by atoms with Gasteiger partial charge in [0.2, 0.25) is 0 Å². The van der Waals surface area contributed by atoms with Crippen LogP contribution in [-0.4, -0.2) is 18.7 Å². The SMILES string of the molecule is Cc1cc(Cl)ccc1OCC(=O)N/N=C\c1ccc([C@@H]2C[C@H]2C)o1. The molecular formula is C18H19ClN2O3. The molecule has 1 amide bonds. The predicted octanol–water partition coefficient (Wildman–Crippen LogP) is 3.89. The van der Waals surface area contributed by atoms with Crippen molar-refractivity contribution < 1.29 is 13.9 Å². The molecule has 0 aliphatic heterocycles. The number of hydrogen-bond donors (Lipinski definition) is 1. The Morgan fingerprint density at radius 2 is 2.25 bits per heavy atom. The van der Waals surface area contributed by atoms with E-state index in [0.29, 0.717) is 28.4 Å². The minimum Gasteiger partial charge on any atom is -0.483 e. The van der Waals surface area contributed by atoms with Crippen LogP contribution in [0.2, 0.25) is 5.02 Å². The number of nitrogens with one attached hydrogen (secondary N) is 1. The molecule has 1 saturated carbocycles. The summed E-state index contributed by atoms with van der Waals surface area (Å²) in [6.45, 7) is 3.94. The molecule has 1 heterocycles. The molecule has 126 valence electrons. The van der Waals surface area contributed by atoms with E-state index in [1.54, 1.807) is 18.2 Å². The lowest BCUT2D eigenvalue weighted by Gasteiger charge is -2.08. The maximum absolute atomic E-state index is 11.7. The molecule has 1 aromatic heterocycles. The van der Waals surface area contributed by atoms with Crippen LogP contribution < -0.4 is 10.2 Å². The molecule has 0 radical (unpaired) electrons. The van der Waals surface area contributed by atoms with Gasteiger partial charge in [-0.2, -0.15) is 5.10 Å². The third-order valence-electron chi connectivity index (χ3n) is 4.00. The van der Waals surface area contributed by atoms with Crippen LogP contribution in [-0.2, 0) is 4.79 Å². The Bertz CT molecular complexity index is 769. The van der Waals surface area contributed by atoms with Crippen molar-refractivity contribution in [1.82, 2.24) is 5.43 Å². The fourth-order valence-electron chi connectivity index (χ4n) is 2.47. The number of ether oxygens (including phenoxy) is 1. The molecule has 1 aromatic carbocycles. The highest BCUT2D eigenvalue weighted by Crippen LogP contribution is 2.47. The molecule has 0 saturated heterocycles. The van der Waals surface area contributed by atoms with E-state index in [9.17, 15) is 4.79 Å². The number of aryl methyl sites for hydroxylation is 1. The molecule has 0 spiro atoms. The average Bonchev–Trinajstić information content (AvgIpc) is 3.08. The Morgan fingerprint density at radius 1 is 1.46 bits per heavy atom. The summed E-state index contributed by atoms with van der Waals surface area (Å²) in [5.74, 6) is 3.10. The number of furan rings is 1. The van der Waals surface area contributed by atoms with Gasteiger partial charge in [-0.15, -0.1) is 0 Å². The van der Waals surface area contributed by atoms with Crippen LogP contribution in [0.4, 0.5) is 0 Å². The summed E-state index contributed by atoms with van der Waals surface area (Å²) in [5, 5.41) is 4.51. The summed E-state index contributed by atoms with van der Waals surface area (Å²) in [6.07, 6.45) is 2.66. The lowest BCUT2D eigenvalue weighted by Crippen LogP contribution is -2.24. The van der Waals surface area contributed by atoms with Crippen LogP contribution in [0.5, 0.6) is 5.75 Å². The zero-order chi connectivity index (χ0) is 17.1. The Labute approximate surface area is 145 Å². The number of hydrazone groups is 1. The quantitative estimate of drug-likeness (QED) is 0.637. The smallest absolute Gasteiger partial charge is 0.277 e. The maximum Gasteiger partial charge on any atom is 0.277 e.